The predicted octanol–water partition coefficient (Wildman–Crippen LogP) is 3.88. The highest BCUT2D eigenvalue weighted by Gasteiger charge is 2.44. The van der Waals surface area contributed by atoms with E-state index in [-0.39, 0.29) is 54.3 Å². The lowest BCUT2D eigenvalue weighted by Crippen LogP contribution is -2.51. The Morgan fingerprint density at radius 3 is 2.68 bits per heavy atom. The number of nitrogens with one attached hydrogen (secondary N) is 2. The molecule has 3 N–H and O–H groups in total. The second kappa shape index (κ2) is 14.0. The number of alkyl carbamates (subject to hydrolysis) is 1. The first-order valence-corrected chi connectivity index (χ1v) is 17.2. The number of anilines is 1. The molecule has 2 amide bonds. The van der Waals surface area contributed by atoms with E-state index >= 15 is 0 Å². The molecular weight excluding hydrogens is 626 g/mol. The number of nitrogens with zero attached hydrogens (tertiary/aromatic N) is 1. The molecule has 3 aromatic rings. The summed E-state index contributed by atoms with van der Waals surface area (Å²) in [6.07, 6.45) is 1.09. The van der Waals surface area contributed by atoms with Gasteiger partial charge in [0.15, 0.2) is 6.29 Å². The van der Waals surface area contributed by atoms with Crippen molar-refractivity contribution in [2.75, 3.05) is 31.6 Å². The second-order valence-electron chi connectivity index (χ2n) is 12.4. The van der Waals surface area contributed by atoms with Gasteiger partial charge in [0.25, 0.3) is 5.91 Å². The Labute approximate surface area is 273 Å². The van der Waals surface area contributed by atoms with Gasteiger partial charge in [-0.25, -0.2) is 13.2 Å². The van der Waals surface area contributed by atoms with E-state index in [0.29, 0.717) is 30.0 Å². The normalized spacial score (nSPS) is 22.7. The first-order chi connectivity index (χ1) is 22.6. The third-order valence-electron chi connectivity index (χ3n) is 8.51. The van der Waals surface area contributed by atoms with Gasteiger partial charge in [0.2, 0.25) is 10.0 Å². The number of hydrogen-bond acceptors (Lipinski definition) is 9. The van der Waals surface area contributed by atoms with Crippen molar-refractivity contribution >= 4 is 39.4 Å². The van der Waals surface area contributed by atoms with Crippen molar-refractivity contribution < 1.29 is 41.7 Å². The summed E-state index contributed by atoms with van der Waals surface area (Å²) in [6.45, 7) is 4.32. The molecule has 4 heterocycles. The molecule has 6 rings (SSSR count). The summed E-state index contributed by atoms with van der Waals surface area (Å²) < 4.78 is 51.8. The molecule has 1 aromatic heterocycles. The number of ether oxygens (including phenoxy) is 3. The van der Waals surface area contributed by atoms with Crippen LogP contribution in [-0.4, -0.2) is 80.7 Å². The van der Waals surface area contributed by atoms with E-state index in [4.69, 9.17) is 18.6 Å². The van der Waals surface area contributed by atoms with Crippen LogP contribution in [0.15, 0.2) is 76.2 Å². The Balaban J connectivity index is 1.23. The maximum absolute atomic E-state index is 14.2. The molecule has 5 atom stereocenters. The number of furan rings is 1. The number of fused-ring (bicyclic) bond motifs is 2. The first-order valence-electron chi connectivity index (χ1n) is 15.7. The Kier molecular flexibility index (Phi) is 9.80. The van der Waals surface area contributed by atoms with Gasteiger partial charge >= 0.3 is 6.09 Å². The van der Waals surface area contributed by atoms with E-state index in [0.717, 1.165) is 5.56 Å². The van der Waals surface area contributed by atoms with Crippen LogP contribution in [-0.2, 0) is 35.4 Å². The number of amides is 2. The van der Waals surface area contributed by atoms with Crippen LogP contribution in [0.5, 0.6) is 0 Å². The smallest absolute Gasteiger partial charge is 0.407 e. The van der Waals surface area contributed by atoms with Crippen molar-refractivity contribution in [1.82, 2.24) is 9.62 Å². The van der Waals surface area contributed by atoms with Crippen LogP contribution in [0.1, 0.15) is 37.2 Å². The molecule has 0 spiro atoms. The summed E-state index contributed by atoms with van der Waals surface area (Å²) in [5.41, 5.74) is 2.03. The van der Waals surface area contributed by atoms with Crippen LogP contribution in [0.2, 0.25) is 0 Å². The van der Waals surface area contributed by atoms with Gasteiger partial charge in [-0.3, -0.25) is 4.79 Å². The van der Waals surface area contributed by atoms with E-state index in [1.54, 1.807) is 24.3 Å². The third kappa shape index (κ3) is 7.44. The molecule has 0 bridgehead atoms. The van der Waals surface area contributed by atoms with Crippen molar-refractivity contribution in [3.05, 3.63) is 83.8 Å². The molecule has 3 aliphatic rings. The van der Waals surface area contributed by atoms with E-state index in [9.17, 15) is 23.1 Å². The lowest BCUT2D eigenvalue weighted by molar-refractivity contribution is -0.110. The minimum Gasteiger partial charge on any atom is -0.465 e. The van der Waals surface area contributed by atoms with Gasteiger partial charge in [0.05, 0.1) is 48.0 Å². The highest BCUT2D eigenvalue weighted by atomic mass is 32.2. The fourth-order valence-electron chi connectivity index (χ4n) is 6.17. The zero-order chi connectivity index (χ0) is 33.1. The molecule has 0 radical (unpaired) electrons. The van der Waals surface area contributed by atoms with Gasteiger partial charge in [-0.15, -0.1) is 0 Å². The van der Waals surface area contributed by atoms with E-state index < -0.39 is 40.7 Å². The summed E-state index contributed by atoms with van der Waals surface area (Å²) in [7, 11) is -4.17. The van der Waals surface area contributed by atoms with Crippen LogP contribution in [0.3, 0.4) is 0 Å². The van der Waals surface area contributed by atoms with Crippen LogP contribution in [0, 0.1) is 11.8 Å². The highest BCUT2D eigenvalue weighted by Crippen LogP contribution is 2.36. The SMILES string of the molecule is CC(C)CN(CC(O)C(Cc1ccccc1)NC(=O)OC1COC2OCCC12)S(=O)(=O)c1ccc2c(c1)/C(=C\c1ccco1)C(=O)N2. The number of rotatable bonds is 12. The number of carbonyl (C=O) groups is 2. The first kappa shape index (κ1) is 32.9. The fourth-order valence-corrected chi connectivity index (χ4v) is 7.82. The van der Waals surface area contributed by atoms with Crippen molar-refractivity contribution in [3.63, 3.8) is 0 Å². The van der Waals surface area contributed by atoms with Gasteiger partial charge in [0, 0.05) is 24.3 Å². The number of aliphatic hydroxyl groups is 1. The fraction of sp³-hybridized carbons (Fsp3) is 0.412. The summed E-state index contributed by atoms with van der Waals surface area (Å²) in [6, 6.07) is 16.3. The van der Waals surface area contributed by atoms with Crippen molar-refractivity contribution in [1.29, 1.82) is 0 Å². The maximum Gasteiger partial charge on any atom is 0.407 e. The molecule has 2 fully saturated rings. The second-order valence-corrected chi connectivity index (χ2v) is 14.4. The molecule has 5 unspecified atom stereocenters. The molecule has 47 heavy (non-hydrogen) atoms. The summed E-state index contributed by atoms with van der Waals surface area (Å²) in [5.74, 6) is -0.0638. The number of benzene rings is 2. The van der Waals surface area contributed by atoms with Gasteiger partial charge in [-0.05, 0) is 60.7 Å². The minimum atomic E-state index is -4.17. The number of hydrogen-bond donors (Lipinski definition) is 3. The summed E-state index contributed by atoms with van der Waals surface area (Å²) >= 11 is 0. The summed E-state index contributed by atoms with van der Waals surface area (Å²) in [4.78, 5) is 25.8. The van der Waals surface area contributed by atoms with Gasteiger partial charge in [-0.2, -0.15) is 4.31 Å². The Bertz CT molecular complexity index is 1710. The molecule has 13 heteroatoms. The highest BCUT2D eigenvalue weighted by molar-refractivity contribution is 7.89. The number of sulfonamides is 1. The third-order valence-corrected chi connectivity index (χ3v) is 10.3. The Morgan fingerprint density at radius 2 is 1.94 bits per heavy atom. The Morgan fingerprint density at radius 1 is 1.13 bits per heavy atom. The zero-order valence-corrected chi connectivity index (χ0v) is 27.0. The average molecular weight is 666 g/mol. The number of carbonyl (C=O) groups excluding carboxylic acids is 2. The van der Waals surface area contributed by atoms with E-state index in [1.165, 1.54) is 22.7 Å². The van der Waals surface area contributed by atoms with Crippen LogP contribution in [0.4, 0.5) is 10.5 Å². The van der Waals surface area contributed by atoms with Gasteiger partial charge < -0.3 is 34.4 Å². The lowest BCUT2D eigenvalue weighted by atomic mass is 10.0. The molecule has 0 aliphatic carbocycles. The van der Waals surface area contributed by atoms with Crippen LogP contribution >= 0.6 is 0 Å². The average Bonchev–Trinajstić information content (AvgIpc) is 3.84. The largest absolute Gasteiger partial charge is 0.465 e. The van der Waals surface area contributed by atoms with Crippen molar-refractivity contribution in [2.24, 2.45) is 11.8 Å². The van der Waals surface area contributed by atoms with Crippen LogP contribution in [0.25, 0.3) is 11.6 Å². The van der Waals surface area contributed by atoms with Gasteiger partial charge in [0.1, 0.15) is 11.9 Å². The quantitative estimate of drug-likeness (QED) is 0.244. The van der Waals surface area contributed by atoms with Gasteiger partial charge in [-0.1, -0.05) is 44.2 Å². The Hall–Kier alpha value is -4.01. The van der Waals surface area contributed by atoms with Crippen molar-refractivity contribution in [2.45, 2.75) is 56.1 Å². The molecule has 250 valence electrons. The van der Waals surface area contributed by atoms with Crippen LogP contribution < -0.4 is 10.6 Å². The molecular formula is C34H39N3O9S. The zero-order valence-electron chi connectivity index (χ0n) is 26.2. The van der Waals surface area contributed by atoms with E-state index in [1.807, 2.05) is 44.2 Å². The topological polar surface area (TPSA) is 157 Å². The lowest BCUT2D eigenvalue weighted by Gasteiger charge is -2.31. The standard InChI is InChI=1S/C34H39N3O9S/c1-21(2)18-37(47(41,42)24-10-11-28-26(17-24)27(32(39)35-28)16-23-9-6-13-43-23)19-30(38)29(15-22-7-4-3-5-8-22)36-34(40)46-31-20-45-33-25(31)12-14-44-33/h3-11,13,16-17,21,25,29-31,33,38H,12,14-15,18-20H2,1-2H3,(H,35,39)(H,36,40)/b27-16+. The molecule has 12 nitrogen and oxygen atoms in total. The maximum atomic E-state index is 14.2. The number of aliphatic hydroxyl groups excluding tert-OH is 1. The predicted molar refractivity (Wildman–Crippen MR) is 172 cm³/mol. The monoisotopic (exact) mass is 665 g/mol. The molecule has 2 saturated heterocycles. The van der Waals surface area contributed by atoms with E-state index in [2.05, 4.69) is 10.6 Å². The van der Waals surface area contributed by atoms with Crippen molar-refractivity contribution in [3.8, 4) is 0 Å². The summed E-state index contributed by atoms with van der Waals surface area (Å²) in [5, 5.41) is 17.2. The molecule has 3 aliphatic heterocycles. The molecule has 2 aromatic carbocycles. The molecule has 0 saturated carbocycles. The minimum absolute atomic E-state index is 0.0347.